The smallest absolute Gasteiger partial charge is 0.276 e. The third-order valence-corrected chi connectivity index (χ3v) is 4.24. The highest BCUT2D eigenvalue weighted by Gasteiger charge is 2.31. The van der Waals surface area contributed by atoms with Crippen molar-refractivity contribution in [1.29, 1.82) is 0 Å². The van der Waals surface area contributed by atoms with Gasteiger partial charge in [0, 0.05) is 12.8 Å². The van der Waals surface area contributed by atoms with E-state index in [4.69, 9.17) is 10.3 Å². The van der Waals surface area contributed by atoms with E-state index in [0.29, 0.717) is 6.29 Å². The van der Waals surface area contributed by atoms with Gasteiger partial charge < -0.3 is 15.8 Å². The van der Waals surface area contributed by atoms with Gasteiger partial charge in [-0.15, -0.1) is 0 Å². The van der Waals surface area contributed by atoms with Crippen LogP contribution in [0.15, 0.2) is 0 Å². The fourth-order valence-electron chi connectivity index (χ4n) is 1.12. The van der Waals surface area contributed by atoms with Crippen molar-refractivity contribution in [2.45, 2.75) is 17.7 Å². The Balaban J connectivity index is 4.78. The molecule has 0 aromatic rings. The molecule has 0 heterocycles. The van der Waals surface area contributed by atoms with Gasteiger partial charge in [0.15, 0.2) is 5.25 Å². The van der Waals surface area contributed by atoms with Crippen molar-refractivity contribution in [3.63, 3.8) is 0 Å². The standard InChI is InChI=1S/C8H16N2O7S2/c1-18(13,14)3-2-7(19(15,16)17)8(12)10-4-6(9)5-11/h5-7H,2-4,9H2,1H3,(H,10,12)(H,15,16,17). The Hall–Kier alpha value is -1.04. The number of amides is 1. The average Bonchev–Trinajstić information content (AvgIpc) is 2.22. The number of nitrogens with two attached hydrogens (primary N) is 1. The molecule has 2 unspecified atom stereocenters. The number of carbonyl (C=O) groups excluding carboxylic acids is 2. The van der Waals surface area contributed by atoms with Crippen LogP contribution < -0.4 is 11.1 Å². The Labute approximate surface area is 111 Å². The number of sulfone groups is 1. The molecule has 9 nitrogen and oxygen atoms in total. The van der Waals surface area contributed by atoms with E-state index in [2.05, 4.69) is 0 Å². The highest BCUT2D eigenvalue weighted by Crippen LogP contribution is 2.06. The van der Waals surface area contributed by atoms with Gasteiger partial charge in [0.05, 0.1) is 11.8 Å². The lowest BCUT2D eigenvalue weighted by Gasteiger charge is -2.14. The minimum Gasteiger partial charge on any atom is -0.353 e. The minimum absolute atomic E-state index is 0.312. The van der Waals surface area contributed by atoms with Crippen LogP contribution in [0, 0.1) is 0 Å². The first kappa shape index (κ1) is 18.0. The van der Waals surface area contributed by atoms with Gasteiger partial charge in [-0.05, 0) is 6.42 Å². The molecule has 2 atom stereocenters. The Morgan fingerprint density at radius 1 is 1.37 bits per heavy atom. The van der Waals surface area contributed by atoms with Gasteiger partial charge >= 0.3 is 0 Å². The van der Waals surface area contributed by atoms with E-state index in [9.17, 15) is 26.4 Å². The van der Waals surface area contributed by atoms with Crippen LogP contribution in [-0.4, -0.2) is 63.4 Å². The molecule has 0 aromatic carbocycles. The van der Waals surface area contributed by atoms with Crippen molar-refractivity contribution in [2.24, 2.45) is 5.73 Å². The second-order valence-corrected chi connectivity index (χ2v) is 7.83. The molecule has 112 valence electrons. The van der Waals surface area contributed by atoms with E-state index in [1.165, 1.54) is 0 Å². The molecular weight excluding hydrogens is 300 g/mol. The Morgan fingerprint density at radius 2 is 1.89 bits per heavy atom. The summed E-state index contributed by atoms with van der Waals surface area (Å²) < 4.78 is 52.7. The predicted octanol–water partition coefficient (Wildman–Crippen LogP) is -2.68. The number of carbonyl (C=O) groups is 2. The van der Waals surface area contributed by atoms with Gasteiger partial charge in [0.25, 0.3) is 10.1 Å². The van der Waals surface area contributed by atoms with E-state index < -0.39 is 49.3 Å². The van der Waals surface area contributed by atoms with Crippen molar-refractivity contribution < 1.29 is 31.0 Å². The normalized spacial score (nSPS) is 15.5. The fourth-order valence-corrected chi connectivity index (χ4v) is 2.70. The number of aldehydes is 1. The number of rotatable bonds is 8. The number of hydrogen-bond acceptors (Lipinski definition) is 7. The third kappa shape index (κ3) is 7.87. The third-order valence-electron chi connectivity index (χ3n) is 2.09. The van der Waals surface area contributed by atoms with E-state index >= 15 is 0 Å². The topological polar surface area (TPSA) is 161 Å². The van der Waals surface area contributed by atoms with E-state index in [1.807, 2.05) is 5.32 Å². The molecule has 0 aliphatic carbocycles. The first-order chi connectivity index (χ1) is 8.47. The first-order valence-electron chi connectivity index (χ1n) is 5.10. The molecule has 0 spiro atoms. The molecule has 0 saturated carbocycles. The van der Waals surface area contributed by atoms with Gasteiger partial charge in [-0.1, -0.05) is 0 Å². The van der Waals surface area contributed by atoms with Gasteiger partial charge in [0.2, 0.25) is 5.91 Å². The molecule has 1 amide bonds. The van der Waals surface area contributed by atoms with Crippen molar-refractivity contribution in [1.82, 2.24) is 5.32 Å². The average molecular weight is 316 g/mol. The quantitative estimate of drug-likeness (QED) is 0.322. The van der Waals surface area contributed by atoms with Crippen LogP contribution in [0.1, 0.15) is 6.42 Å². The monoisotopic (exact) mass is 316 g/mol. The molecule has 0 aromatic heterocycles. The molecule has 19 heavy (non-hydrogen) atoms. The molecule has 0 aliphatic heterocycles. The number of nitrogens with one attached hydrogen (secondary N) is 1. The van der Waals surface area contributed by atoms with Crippen molar-refractivity contribution in [3.8, 4) is 0 Å². The zero-order chi connectivity index (χ0) is 15.3. The summed E-state index contributed by atoms with van der Waals surface area (Å²) in [5, 5.41) is 0.131. The van der Waals surface area contributed by atoms with Crippen LogP contribution in [0.5, 0.6) is 0 Å². The largest absolute Gasteiger partial charge is 0.353 e. The molecule has 0 saturated heterocycles. The molecule has 11 heteroatoms. The highest BCUT2D eigenvalue weighted by atomic mass is 32.2. The summed E-state index contributed by atoms with van der Waals surface area (Å²) in [5.74, 6) is -1.69. The summed E-state index contributed by atoms with van der Waals surface area (Å²) in [6.07, 6.45) is 0.632. The predicted molar refractivity (Wildman–Crippen MR) is 66.7 cm³/mol. The molecule has 0 radical (unpaired) electrons. The summed E-state index contributed by atoms with van der Waals surface area (Å²) >= 11 is 0. The second-order valence-electron chi connectivity index (χ2n) is 3.97. The van der Waals surface area contributed by atoms with Crippen molar-refractivity contribution >= 4 is 32.1 Å². The first-order valence-corrected chi connectivity index (χ1v) is 8.66. The van der Waals surface area contributed by atoms with E-state index in [1.54, 1.807) is 0 Å². The summed E-state index contributed by atoms with van der Waals surface area (Å²) in [4.78, 5) is 21.7. The highest BCUT2D eigenvalue weighted by molar-refractivity contribution is 7.90. The maximum Gasteiger partial charge on any atom is 0.276 e. The van der Waals surface area contributed by atoms with Crippen LogP contribution in [-0.2, 0) is 29.5 Å². The summed E-state index contributed by atoms with van der Waals surface area (Å²) in [6.45, 7) is -0.312. The molecular formula is C8H16N2O7S2. The van der Waals surface area contributed by atoms with Crippen molar-refractivity contribution in [2.75, 3.05) is 18.6 Å². The lowest BCUT2D eigenvalue weighted by atomic mass is 10.3. The van der Waals surface area contributed by atoms with E-state index in [-0.39, 0.29) is 6.54 Å². The Kier molecular flexibility index (Phi) is 6.55. The lowest BCUT2D eigenvalue weighted by molar-refractivity contribution is -0.120. The molecule has 4 N–H and O–H groups in total. The fraction of sp³-hybridized carbons (Fsp3) is 0.750. The van der Waals surface area contributed by atoms with Crippen LogP contribution in [0.3, 0.4) is 0 Å². The lowest BCUT2D eigenvalue weighted by Crippen LogP contribution is -2.45. The molecule has 0 rings (SSSR count). The Morgan fingerprint density at radius 3 is 2.26 bits per heavy atom. The van der Waals surface area contributed by atoms with Crippen LogP contribution >= 0.6 is 0 Å². The number of hydrogen-bond donors (Lipinski definition) is 3. The van der Waals surface area contributed by atoms with Gasteiger partial charge in [-0.3, -0.25) is 9.35 Å². The van der Waals surface area contributed by atoms with Crippen LogP contribution in [0.4, 0.5) is 0 Å². The summed E-state index contributed by atoms with van der Waals surface area (Å²) in [5.41, 5.74) is 5.18. The maximum absolute atomic E-state index is 11.5. The van der Waals surface area contributed by atoms with Gasteiger partial charge in [-0.2, -0.15) is 8.42 Å². The van der Waals surface area contributed by atoms with Crippen molar-refractivity contribution in [3.05, 3.63) is 0 Å². The van der Waals surface area contributed by atoms with Crippen LogP contribution in [0.25, 0.3) is 0 Å². The summed E-state index contributed by atoms with van der Waals surface area (Å²) in [6, 6.07) is -1.01. The maximum atomic E-state index is 11.5. The minimum atomic E-state index is -4.75. The Bertz CT molecular complexity index is 525. The molecule has 0 fully saturated rings. The van der Waals surface area contributed by atoms with Crippen LogP contribution in [0.2, 0.25) is 0 Å². The zero-order valence-corrected chi connectivity index (χ0v) is 11.8. The van der Waals surface area contributed by atoms with Gasteiger partial charge in [0.1, 0.15) is 16.1 Å². The molecule has 0 bridgehead atoms. The second kappa shape index (κ2) is 6.93. The SMILES string of the molecule is CS(=O)(=O)CCC(C(=O)NCC(N)C=O)S(=O)(=O)O. The van der Waals surface area contributed by atoms with E-state index in [0.717, 1.165) is 6.26 Å². The summed E-state index contributed by atoms with van der Waals surface area (Å²) in [7, 11) is -8.23. The molecule has 0 aliphatic rings. The zero-order valence-electron chi connectivity index (χ0n) is 10.1. The van der Waals surface area contributed by atoms with Gasteiger partial charge in [-0.25, -0.2) is 8.42 Å².